The minimum Gasteiger partial charge on any atom is -0.355 e. The SMILES string of the molecule is CCNC(=O)[C@@H](CC)N(Cc1ccc(Cl)c(Cl)c1)C(=O)CN(c1ccc(Cl)c(Cl)c1)S(C)(=O)=O. The number of rotatable bonds is 10. The lowest BCUT2D eigenvalue weighted by molar-refractivity contribution is -0.140. The zero-order valence-electron chi connectivity index (χ0n) is 18.8. The van der Waals surface area contributed by atoms with Gasteiger partial charge in [-0.05, 0) is 49.2 Å². The van der Waals surface area contributed by atoms with Gasteiger partial charge >= 0.3 is 0 Å². The summed E-state index contributed by atoms with van der Waals surface area (Å²) in [6, 6.07) is 8.30. The van der Waals surface area contributed by atoms with Crippen LogP contribution in [-0.4, -0.2) is 50.5 Å². The van der Waals surface area contributed by atoms with Crippen LogP contribution in [0, 0.1) is 0 Å². The van der Waals surface area contributed by atoms with Gasteiger partial charge in [0.1, 0.15) is 12.6 Å². The van der Waals surface area contributed by atoms with Gasteiger partial charge in [0.2, 0.25) is 21.8 Å². The number of sulfonamides is 1. The van der Waals surface area contributed by atoms with Crippen molar-refractivity contribution >= 4 is 73.9 Å². The first-order valence-electron chi connectivity index (χ1n) is 10.3. The lowest BCUT2D eigenvalue weighted by atomic mass is 10.1. The number of nitrogens with one attached hydrogen (secondary N) is 1. The largest absolute Gasteiger partial charge is 0.355 e. The first-order valence-corrected chi connectivity index (χ1v) is 13.7. The molecule has 0 radical (unpaired) electrons. The number of anilines is 1. The van der Waals surface area contributed by atoms with E-state index in [2.05, 4.69) is 5.32 Å². The van der Waals surface area contributed by atoms with Crippen molar-refractivity contribution in [1.82, 2.24) is 10.2 Å². The molecule has 1 atom stereocenters. The fourth-order valence-corrected chi connectivity index (χ4v) is 4.75. The summed E-state index contributed by atoms with van der Waals surface area (Å²) >= 11 is 24.2. The van der Waals surface area contributed by atoms with Gasteiger partial charge in [0.15, 0.2) is 0 Å². The molecule has 12 heteroatoms. The van der Waals surface area contributed by atoms with Crippen molar-refractivity contribution < 1.29 is 18.0 Å². The average Bonchev–Trinajstić information content (AvgIpc) is 2.75. The number of hydrogen-bond acceptors (Lipinski definition) is 4. The summed E-state index contributed by atoms with van der Waals surface area (Å²) < 4.78 is 26.1. The van der Waals surface area contributed by atoms with Crippen LogP contribution < -0.4 is 9.62 Å². The van der Waals surface area contributed by atoms with E-state index in [-0.39, 0.29) is 28.2 Å². The number of amides is 2. The summed E-state index contributed by atoms with van der Waals surface area (Å²) in [5.41, 5.74) is 0.803. The molecule has 0 bridgehead atoms. The van der Waals surface area contributed by atoms with Gasteiger partial charge < -0.3 is 10.2 Å². The first kappa shape index (κ1) is 28.5. The lowest BCUT2D eigenvalue weighted by Crippen LogP contribution is -2.52. The van der Waals surface area contributed by atoms with Crippen LogP contribution in [0.4, 0.5) is 5.69 Å². The standard InChI is InChI=1S/C22H25Cl4N3O4S/c1-4-20(22(31)27-5-2)28(12-14-6-8-16(23)18(25)10-14)21(30)13-29(34(3,32)33)15-7-9-17(24)19(26)11-15/h6-11,20H,4-5,12-13H2,1-3H3,(H,27,31)/t20-/m1/s1. The molecule has 1 N–H and O–H groups in total. The number of benzene rings is 2. The second-order valence-corrected chi connectivity index (χ2v) is 11.0. The van der Waals surface area contributed by atoms with E-state index in [1.54, 1.807) is 32.0 Å². The molecule has 34 heavy (non-hydrogen) atoms. The van der Waals surface area contributed by atoms with E-state index in [4.69, 9.17) is 46.4 Å². The molecule has 0 saturated carbocycles. The van der Waals surface area contributed by atoms with Gasteiger partial charge in [0, 0.05) is 13.1 Å². The van der Waals surface area contributed by atoms with Crippen molar-refractivity contribution in [1.29, 1.82) is 0 Å². The van der Waals surface area contributed by atoms with Gasteiger partial charge in [-0.15, -0.1) is 0 Å². The second-order valence-electron chi connectivity index (χ2n) is 7.46. The summed E-state index contributed by atoms with van der Waals surface area (Å²) in [7, 11) is -3.88. The number of nitrogens with zero attached hydrogens (tertiary/aromatic N) is 2. The highest BCUT2D eigenvalue weighted by Gasteiger charge is 2.31. The van der Waals surface area contributed by atoms with Crippen LogP contribution >= 0.6 is 46.4 Å². The van der Waals surface area contributed by atoms with Gasteiger partial charge in [-0.2, -0.15) is 0 Å². The van der Waals surface area contributed by atoms with Crippen molar-refractivity contribution in [3.05, 3.63) is 62.1 Å². The molecule has 186 valence electrons. The molecule has 0 saturated heterocycles. The molecule has 2 rings (SSSR count). The van der Waals surface area contributed by atoms with Crippen LogP contribution in [-0.2, 0) is 26.2 Å². The summed E-state index contributed by atoms with van der Waals surface area (Å²) in [4.78, 5) is 27.6. The van der Waals surface area contributed by atoms with Gasteiger partial charge in [-0.25, -0.2) is 8.42 Å². The molecule has 7 nitrogen and oxygen atoms in total. The van der Waals surface area contributed by atoms with E-state index in [0.29, 0.717) is 28.6 Å². The minimum atomic E-state index is -3.88. The third kappa shape index (κ3) is 7.39. The topological polar surface area (TPSA) is 86.8 Å². The summed E-state index contributed by atoms with van der Waals surface area (Å²) in [6.07, 6.45) is 1.29. The Kier molecular flexibility index (Phi) is 10.3. The maximum absolute atomic E-state index is 13.5. The number of hydrogen-bond donors (Lipinski definition) is 1. The Hall–Kier alpha value is -1.71. The van der Waals surface area contributed by atoms with Crippen molar-refractivity contribution in [3.8, 4) is 0 Å². The zero-order valence-corrected chi connectivity index (χ0v) is 22.7. The van der Waals surface area contributed by atoms with Gasteiger partial charge in [-0.3, -0.25) is 13.9 Å². The second kappa shape index (κ2) is 12.3. The van der Waals surface area contributed by atoms with E-state index in [1.165, 1.54) is 23.1 Å². The molecule has 0 aliphatic carbocycles. The summed E-state index contributed by atoms with van der Waals surface area (Å²) in [5.74, 6) is -0.931. The van der Waals surface area contributed by atoms with Crippen LogP contribution in [0.15, 0.2) is 36.4 Å². The van der Waals surface area contributed by atoms with Gasteiger partial charge in [-0.1, -0.05) is 59.4 Å². The highest BCUT2D eigenvalue weighted by molar-refractivity contribution is 7.92. The predicted octanol–water partition coefficient (Wildman–Crippen LogP) is 5.01. The van der Waals surface area contributed by atoms with Crippen LogP contribution in [0.25, 0.3) is 0 Å². The Labute approximate surface area is 220 Å². The molecular formula is C22H25Cl4N3O4S. The third-order valence-electron chi connectivity index (χ3n) is 4.94. The van der Waals surface area contributed by atoms with Crippen molar-refractivity contribution in [2.24, 2.45) is 0 Å². The Morgan fingerprint density at radius 2 is 1.53 bits per heavy atom. The number of carbonyl (C=O) groups is 2. The highest BCUT2D eigenvalue weighted by atomic mass is 35.5. The number of halogens is 4. The maximum Gasteiger partial charge on any atom is 0.244 e. The Morgan fingerprint density at radius 3 is 2.03 bits per heavy atom. The van der Waals surface area contributed by atoms with Crippen LogP contribution in [0.5, 0.6) is 0 Å². The predicted molar refractivity (Wildman–Crippen MR) is 138 cm³/mol. The molecular weight excluding hydrogens is 544 g/mol. The molecule has 2 aromatic carbocycles. The molecule has 0 spiro atoms. The van der Waals surface area contributed by atoms with E-state index in [9.17, 15) is 18.0 Å². The van der Waals surface area contributed by atoms with Gasteiger partial charge in [0.05, 0.1) is 32.0 Å². The fourth-order valence-electron chi connectivity index (χ4n) is 3.30. The lowest BCUT2D eigenvalue weighted by Gasteiger charge is -2.33. The normalized spacial score (nSPS) is 12.2. The molecule has 2 aromatic rings. The van der Waals surface area contributed by atoms with Crippen molar-refractivity contribution in [2.75, 3.05) is 23.7 Å². The molecule has 0 aliphatic rings. The third-order valence-corrected chi connectivity index (χ3v) is 7.56. The van der Waals surface area contributed by atoms with E-state index >= 15 is 0 Å². The average molecular weight is 569 g/mol. The quantitative estimate of drug-likeness (QED) is 0.436. The molecule has 2 amide bonds. The first-order chi connectivity index (χ1) is 15.9. The minimum absolute atomic E-state index is 0.0182. The zero-order chi connectivity index (χ0) is 25.6. The smallest absolute Gasteiger partial charge is 0.244 e. The molecule has 0 unspecified atom stereocenters. The molecule has 0 aliphatic heterocycles. The molecule has 0 fully saturated rings. The molecule has 0 aromatic heterocycles. The van der Waals surface area contributed by atoms with E-state index in [0.717, 1.165) is 10.6 Å². The summed E-state index contributed by atoms with van der Waals surface area (Å²) in [5, 5.41) is 3.75. The maximum atomic E-state index is 13.5. The van der Waals surface area contributed by atoms with Crippen LogP contribution in [0.1, 0.15) is 25.8 Å². The van der Waals surface area contributed by atoms with Crippen LogP contribution in [0.2, 0.25) is 20.1 Å². The highest BCUT2D eigenvalue weighted by Crippen LogP contribution is 2.29. The fraction of sp³-hybridized carbons (Fsp3) is 0.364. The van der Waals surface area contributed by atoms with Crippen molar-refractivity contribution in [2.45, 2.75) is 32.9 Å². The number of likely N-dealkylation sites (N-methyl/N-ethyl adjacent to an activating group) is 1. The Morgan fingerprint density at radius 1 is 0.941 bits per heavy atom. The Balaban J connectivity index is 2.47. The van der Waals surface area contributed by atoms with E-state index < -0.39 is 28.5 Å². The molecule has 0 heterocycles. The van der Waals surface area contributed by atoms with E-state index in [1.807, 2.05) is 0 Å². The monoisotopic (exact) mass is 567 g/mol. The summed E-state index contributed by atoms with van der Waals surface area (Å²) in [6.45, 7) is 3.38. The van der Waals surface area contributed by atoms with Crippen LogP contribution in [0.3, 0.4) is 0 Å². The van der Waals surface area contributed by atoms with Gasteiger partial charge in [0.25, 0.3) is 0 Å². The number of carbonyl (C=O) groups excluding carboxylic acids is 2. The Bertz CT molecular complexity index is 1160. The van der Waals surface area contributed by atoms with Crippen molar-refractivity contribution in [3.63, 3.8) is 0 Å².